The van der Waals surface area contributed by atoms with E-state index in [4.69, 9.17) is 18.9 Å². The number of esters is 1. The molecular formula is C25H29NO6. The van der Waals surface area contributed by atoms with E-state index in [0.717, 1.165) is 28.9 Å². The SMILES string of the molecule is COC(=O)C[C@H]1c2cc(OC)c(OC)cc2CCN1C(=O)C[C@H]1CCOc2ccccc21. The second-order valence-electron chi connectivity index (χ2n) is 8.12. The Kier molecular flexibility index (Phi) is 6.53. The van der Waals surface area contributed by atoms with Gasteiger partial charge in [-0.15, -0.1) is 0 Å². The zero-order valence-electron chi connectivity index (χ0n) is 18.8. The fraction of sp³-hybridized carbons (Fsp3) is 0.440. The molecule has 0 spiro atoms. The Labute approximate surface area is 188 Å². The fourth-order valence-corrected chi connectivity index (χ4v) is 4.74. The quantitative estimate of drug-likeness (QED) is 0.640. The molecule has 1 amide bonds. The number of fused-ring (bicyclic) bond motifs is 2. The molecule has 2 aliphatic rings. The van der Waals surface area contributed by atoms with Gasteiger partial charge in [-0.3, -0.25) is 9.59 Å². The van der Waals surface area contributed by atoms with Crippen LogP contribution >= 0.6 is 0 Å². The maximum Gasteiger partial charge on any atom is 0.307 e. The first kappa shape index (κ1) is 22.0. The number of carbonyl (C=O) groups is 2. The van der Waals surface area contributed by atoms with Crippen LogP contribution in [-0.4, -0.2) is 51.3 Å². The Morgan fingerprint density at radius 3 is 2.53 bits per heavy atom. The molecule has 0 unspecified atom stereocenters. The lowest BCUT2D eigenvalue weighted by atomic mass is 9.87. The lowest BCUT2D eigenvalue weighted by molar-refractivity contribution is -0.144. The zero-order chi connectivity index (χ0) is 22.7. The highest BCUT2D eigenvalue weighted by Crippen LogP contribution is 2.41. The molecule has 0 saturated carbocycles. The number of ether oxygens (including phenoxy) is 4. The lowest BCUT2D eigenvalue weighted by Crippen LogP contribution is -2.41. The van der Waals surface area contributed by atoms with Gasteiger partial charge in [0.2, 0.25) is 5.91 Å². The highest BCUT2D eigenvalue weighted by Gasteiger charge is 2.35. The summed E-state index contributed by atoms with van der Waals surface area (Å²) in [6.07, 6.45) is 1.94. The highest BCUT2D eigenvalue weighted by atomic mass is 16.5. The van der Waals surface area contributed by atoms with E-state index in [-0.39, 0.29) is 24.2 Å². The van der Waals surface area contributed by atoms with Crippen molar-refractivity contribution in [3.63, 3.8) is 0 Å². The number of nitrogens with zero attached hydrogens (tertiary/aromatic N) is 1. The molecule has 2 aromatic carbocycles. The van der Waals surface area contributed by atoms with E-state index in [1.54, 1.807) is 14.2 Å². The van der Waals surface area contributed by atoms with Gasteiger partial charge in [0.15, 0.2) is 11.5 Å². The van der Waals surface area contributed by atoms with Crippen molar-refractivity contribution in [2.24, 2.45) is 0 Å². The van der Waals surface area contributed by atoms with Crippen molar-refractivity contribution in [3.8, 4) is 17.2 Å². The van der Waals surface area contributed by atoms with Gasteiger partial charge in [-0.2, -0.15) is 0 Å². The second kappa shape index (κ2) is 9.51. The Morgan fingerprint density at radius 1 is 1.03 bits per heavy atom. The number of carbonyl (C=O) groups excluding carboxylic acids is 2. The molecule has 7 nitrogen and oxygen atoms in total. The summed E-state index contributed by atoms with van der Waals surface area (Å²) in [4.78, 5) is 27.6. The Hall–Kier alpha value is -3.22. The van der Waals surface area contributed by atoms with Crippen molar-refractivity contribution >= 4 is 11.9 Å². The summed E-state index contributed by atoms with van der Waals surface area (Å²) in [5.74, 6) is 1.84. The molecule has 32 heavy (non-hydrogen) atoms. The maximum atomic E-state index is 13.5. The minimum atomic E-state index is -0.409. The van der Waals surface area contributed by atoms with Gasteiger partial charge in [-0.1, -0.05) is 18.2 Å². The third-order valence-electron chi connectivity index (χ3n) is 6.41. The smallest absolute Gasteiger partial charge is 0.307 e. The van der Waals surface area contributed by atoms with E-state index in [9.17, 15) is 9.59 Å². The minimum absolute atomic E-state index is 0.0287. The minimum Gasteiger partial charge on any atom is -0.493 e. The molecule has 0 aromatic heterocycles. The molecule has 4 rings (SSSR count). The average Bonchev–Trinajstić information content (AvgIpc) is 2.83. The molecule has 170 valence electrons. The van der Waals surface area contributed by atoms with Crippen LogP contribution < -0.4 is 14.2 Å². The first-order valence-electron chi connectivity index (χ1n) is 10.9. The van der Waals surface area contributed by atoms with E-state index in [2.05, 4.69) is 0 Å². The van der Waals surface area contributed by atoms with Crippen LogP contribution in [0.25, 0.3) is 0 Å². The summed E-state index contributed by atoms with van der Waals surface area (Å²) >= 11 is 0. The van der Waals surface area contributed by atoms with Crippen LogP contribution in [0.15, 0.2) is 36.4 Å². The van der Waals surface area contributed by atoms with Crippen LogP contribution in [0.1, 0.15) is 47.9 Å². The van der Waals surface area contributed by atoms with Gasteiger partial charge in [-0.25, -0.2) is 0 Å². The Balaban J connectivity index is 1.63. The van der Waals surface area contributed by atoms with Crippen LogP contribution in [0.2, 0.25) is 0 Å². The summed E-state index contributed by atoms with van der Waals surface area (Å²) in [7, 11) is 4.54. The molecule has 0 N–H and O–H groups in total. The van der Waals surface area contributed by atoms with Gasteiger partial charge in [0.05, 0.1) is 40.4 Å². The van der Waals surface area contributed by atoms with Gasteiger partial charge in [0, 0.05) is 13.0 Å². The number of rotatable bonds is 6. The molecule has 2 aliphatic heterocycles. The van der Waals surface area contributed by atoms with Gasteiger partial charge >= 0.3 is 5.97 Å². The van der Waals surface area contributed by atoms with E-state index < -0.39 is 6.04 Å². The standard InChI is InChI=1S/C25H29NO6/c1-29-22-12-16-8-10-26(20(15-25(28)31-3)19(16)14-23(22)30-2)24(27)13-17-9-11-32-21-7-5-4-6-18(17)21/h4-7,12,14,17,20H,8-11,13,15H2,1-3H3/t17-,20+/m1/s1. The van der Waals surface area contributed by atoms with E-state index in [1.165, 1.54) is 7.11 Å². The fourth-order valence-electron chi connectivity index (χ4n) is 4.74. The van der Waals surface area contributed by atoms with Crippen molar-refractivity contribution < 1.29 is 28.5 Å². The second-order valence-corrected chi connectivity index (χ2v) is 8.12. The monoisotopic (exact) mass is 439 g/mol. The summed E-state index contributed by atoms with van der Waals surface area (Å²) in [5.41, 5.74) is 3.03. The van der Waals surface area contributed by atoms with Crippen LogP contribution in [0.4, 0.5) is 0 Å². The number of para-hydroxylation sites is 1. The first-order chi connectivity index (χ1) is 15.5. The average molecular weight is 440 g/mol. The lowest BCUT2D eigenvalue weighted by Gasteiger charge is -2.38. The molecule has 2 atom stereocenters. The molecule has 2 aromatic rings. The third-order valence-corrected chi connectivity index (χ3v) is 6.41. The number of amides is 1. The van der Waals surface area contributed by atoms with Gasteiger partial charge in [-0.05, 0) is 53.6 Å². The zero-order valence-corrected chi connectivity index (χ0v) is 18.8. The molecule has 0 saturated heterocycles. The summed E-state index contributed by atoms with van der Waals surface area (Å²) in [6, 6.07) is 11.3. The number of benzene rings is 2. The normalized spacial score (nSPS) is 19.3. The van der Waals surface area contributed by atoms with Gasteiger partial charge in [0.25, 0.3) is 0 Å². The van der Waals surface area contributed by atoms with E-state index in [1.807, 2.05) is 41.3 Å². The van der Waals surface area contributed by atoms with Crippen molar-refractivity contribution in [2.45, 2.75) is 37.6 Å². The molecule has 0 radical (unpaired) electrons. The predicted octanol–water partition coefficient (Wildman–Crippen LogP) is 3.65. The third kappa shape index (κ3) is 4.24. The van der Waals surface area contributed by atoms with Crippen LogP contribution in [0, 0.1) is 0 Å². The van der Waals surface area contributed by atoms with E-state index in [0.29, 0.717) is 37.5 Å². The van der Waals surface area contributed by atoms with Crippen molar-refractivity contribution in [2.75, 3.05) is 34.5 Å². The number of methoxy groups -OCH3 is 3. The summed E-state index contributed by atoms with van der Waals surface area (Å²) < 4.78 is 21.6. The van der Waals surface area contributed by atoms with Crippen LogP contribution in [-0.2, 0) is 20.7 Å². The maximum absolute atomic E-state index is 13.5. The summed E-state index contributed by atoms with van der Waals surface area (Å²) in [6.45, 7) is 1.13. The largest absolute Gasteiger partial charge is 0.493 e. The first-order valence-corrected chi connectivity index (χ1v) is 10.9. The Morgan fingerprint density at radius 2 is 1.78 bits per heavy atom. The molecule has 2 heterocycles. The molecule has 7 heteroatoms. The van der Waals surface area contributed by atoms with Crippen molar-refractivity contribution in [3.05, 3.63) is 53.1 Å². The Bertz CT molecular complexity index is 1000. The topological polar surface area (TPSA) is 74.3 Å². The van der Waals surface area contributed by atoms with E-state index >= 15 is 0 Å². The van der Waals surface area contributed by atoms with Gasteiger partial charge in [0.1, 0.15) is 5.75 Å². The molecule has 0 aliphatic carbocycles. The van der Waals surface area contributed by atoms with Crippen molar-refractivity contribution in [1.29, 1.82) is 0 Å². The van der Waals surface area contributed by atoms with Gasteiger partial charge < -0.3 is 23.8 Å². The van der Waals surface area contributed by atoms with Crippen LogP contribution in [0.3, 0.4) is 0 Å². The van der Waals surface area contributed by atoms with Crippen LogP contribution in [0.5, 0.6) is 17.2 Å². The molecule has 0 fully saturated rings. The molecular weight excluding hydrogens is 410 g/mol. The highest BCUT2D eigenvalue weighted by molar-refractivity contribution is 5.80. The molecule has 0 bridgehead atoms. The number of hydrogen-bond donors (Lipinski definition) is 0. The predicted molar refractivity (Wildman–Crippen MR) is 118 cm³/mol. The number of hydrogen-bond acceptors (Lipinski definition) is 6. The van der Waals surface area contributed by atoms with Crippen molar-refractivity contribution in [1.82, 2.24) is 4.90 Å². The summed E-state index contributed by atoms with van der Waals surface area (Å²) in [5, 5.41) is 0.